The standard InChI is InChI=1S/C22H20F6N2O/c23-21(24,25)15-7-6-14(18(8-15)22(26,27)28)9-29-20(31)19-16-11-30(12-17(16)19)10-13-4-2-1-3-5-13/h1-8,16-17,19H,9-12H2,(H,29,31)/t16-,17?,19?/m0/s1. The number of carbonyl (C=O) groups is 1. The third-order valence-electron chi connectivity index (χ3n) is 6.02. The van der Waals surface area contributed by atoms with Crippen LogP contribution in [0, 0.1) is 17.8 Å². The molecular weight excluding hydrogens is 422 g/mol. The molecule has 3 nitrogen and oxygen atoms in total. The van der Waals surface area contributed by atoms with Crippen LogP contribution in [0.4, 0.5) is 26.3 Å². The van der Waals surface area contributed by atoms with E-state index in [1.807, 2.05) is 30.3 Å². The van der Waals surface area contributed by atoms with Crippen molar-refractivity contribution in [2.75, 3.05) is 13.1 Å². The number of nitrogens with zero attached hydrogens (tertiary/aromatic N) is 1. The van der Waals surface area contributed by atoms with Gasteiger partial charge in [0.15, 0.2) is 0 Å². The van der Waals surface area contributed by atoms with Gasteiger partial charge in [-0.25, -0.2) is 0 Å². The molecule has 1 saturated carbocycles. The quantitative estimate of drug-likeness (QED) is 0.680. The summed E-state index contributed by atoms with van der Waals surface area (Å²) in [6, 6.07) is 11.4. The Morgan fingerprint density at radius 1 is 0.935 bits per heavy atom. The average molecular weight is 442 g/mol. The van der Waals surface area contributed by atoms with Crippen molar-refractivity contribution in [1.82, 2.24) is 10.2 Å². The number of amides is 1. The van der Waals surface area contributed by atoms with E-state index in [9.17, 15) is 31.1 Å². The van der Waals surface area contributed by atoms with Crippen molar-refractivity contribution in [1.29, 1.82) is 0 Å². The van der Waals surface area contributed by atoms with Crippen LogP contribution in [-0.4, -0.2) is 23.9 Å². The number of nitrogens with one attached hydrogen (secondary N) is 1. The highest BCUT2D eigenvalue weighted by Crippen LogP contribution is 2.52. The molecule has 2 unspecified atom stereocenters. The highest BCUT2D eigenvalue weighted by atomic mass is 19.4. The van der Waals surface area contributed by atoms with Gasteiger partial charge in [0.2, 0.25) is 5.91 Å². The molecule has 1 aliphatic carbocycles. The Labute approximate surface area is 175 Å². The maximum absolute atomic E-state index is 13.2. The van der Waals surface area contributed by atoms with Crippen LogP contribution in [0.1, 0.15) is 22.3 Å². The molecule has 1 aliphatic heterocycles. The van der Waals surface area contributed by atoms with Gasteiger partial charge in [-0.1, -0.05) is 36.4 Å². The first-order chi connectivity index (χ1) is 14.5. The SMILES string of the molecule is O=C(NCc1ccc(C(F)(F)F)cc1C(F)(F)F)C1C2CN(Cc3ccccc3)C[C@@H]21. The first-order valence-electron chi connectivity index (χ1n) is 9.85. The summed E-state index contributed by atoms with van der Waals surface area (Å²) in [5.74, 6) is -0.269. The minimum atomic E-state index is -4.95. The van der Waals surface area contributed by atoms with Gasteiger partial charge in [0.1, 0.15) is 0 Å². The van der Waals surface area contributed by atoms with E-state index in [2.05, 4.69) is 10.2 Å². The Morgan fingerprint density at radius 3 is 2.16 bits per heavy atom. The zero-order valence-corrected chi connectivity index (χ0v) is 16.3. The topological polar surface area (TPSA) is 32.3 Å². The molecule has 1 N–H and O–H groups in total. The molecule has 166 valence electrons. The number of benzene rings is 2. The maximum Gasteiger partial charge on any atom is 0.416 e. The third kappa shape index (κ3) is 4.71. The summed E-state index contributed by atoms with van der Waals surface area (Å²) in [5, 5.41) is 2.49. The van der Waals surface area contributed by atoms with Gasteiger partial charge in [0.25, 0.3) is 0 Å². The van der Waals surface area contributed by atoms with E-state index in [-0.39, 0.29) is 35.3 Å². The number of likely N-dealkylation sites (tertiary alicyclic amines) is 1. The highest BCUT2D eigenvalue weighted by molar-refractivity contribution is 5.82. The molecule has 1 saturated heterocycles. The maximum atomic E-state index is 13.2. The van der Waals surface area contributed by atoms with E-state index in [4.69, 9.17) is 0 Å². The number of halogens is 6. The molecule has 2 aromatic rings. The monoisotopic (exact) mass is 442 g/mol. The summed E-state index contributed by atoms with van der Waals surface area (Å²) in [7, 11) is 0. The number of piperidine rings is 1. The summed E-state index contributed by atoms with van der Waals surface area (Å²) in [5.41, 5.74) is -1.96. The summed E-state index contributed by atoms with van der Waals surface area (Å²) in [6.45, 7) is 1.80. The van der Waals surface area contributed by atoms with Crippen molar-refractivity contribution in [3.05, 3.63) is 70.8 Å². The summed E-state index contributed by atoms with van der Waals surface area (Å²) in [4.78, 5) is 14.7. The molecule has 2 fully saturated rings. The fourth-order valence-electron chi connectivity index (χ4n) is 4.44. The first-order valence-corrected chi connectivity index (χ1v) is 9.85. The Kier molecular flexibility index (Phi) is 5.49. The largest absolute Gasteiger partial charge is 0.416 e. The Morgan fingerprint density at radius 2 is 1.58 bits per heavy atom. The Bertz CT molecular complexity index is 945. The second-order valence-corrected chi connectivity index (χ2v) is 8.12. The number of fused-ring (bicyclic) bond motifs is 1. The predicted molar refractivity (Wildman–Crippen MR) is 100 cm³/mol. The van der Waals surface area contributed by atoms with Gasteiger partial charge in [-0.15, -0.1) is 0 Å². The van der Waals surface area contributed by atoms with Crippen LogP contribution in [0.25, 0.3) is 0 Å². The van der Waals surface area contributed by atoms with Gasteiger partial charge in [0, 0.05) is 32.1 Å². The lowest BCUT2D eigenvalue weighted by molar-refractivity contribution is -0.143. The minimum Gasteiger partial charge on any atom is -0.352 e. The van der Waals surface area contributed by atoms with Crippen molar-refractivity contribution in [3.8, 4) is 0 Å². The van der Waals surface area contributed by atoms with Crippen LogP contribution in [0.2, 0.25) is 0 Å². The fraction of sp³-hybridized carbons (Fsp3) is 0.409. The smallest absolute Gasteiger partial charge is 0.352 e. The highest BCUT2D eigenvalue weighted by Gasteiger charge is 2.59. The Hall–Kier alpha value is -2.55. The van der Waals surface area contributed by atoms with Crippen molar-refractivity contribution in [2.45, 2.75) is 25.4 Å². The zero-order valence-electron chi connectivity index (χ0n) is 16.3. The van der Waals surface area contributed by atoms with E-state index in [0.29, 0.717) is 6.07 Å². The van der Waals surface area contributed by atoms with E-state index >= 15 is 0 Å². The van der Waals surface area contributed by atoms with E-state index < -0.39 is 30.0 Å². The van der Waals surface area contributed by atoms with Crippen LogP contribution in [0.3, 0.4) is 0 Å². The van der Waals surface area contributed by atoms with Crippen molar-refractivity contribution < 1.29 is 31.1 Å². The molecule has 0 spiro atoms. The van der Waals surface area contributed by atoms with Gasteiger partial charge in [0.05, 0.1) is 11.1 Å². The minimum absolute atomic E-state index is 0.0921. The van der Waals surface area contributed by atoms with Crippen LogP contribution in [0.5, 0.6) is 0 Å². The summed E-state index contributed by atoms with van der Waals surface area (Å²) in [6.07, 6.45) is -9.83. The molecule has 2 aliphatic rings. The van der Waals surface area contributed by atoms with Crippen LogP contribution in [-0.2, 0) is 30.2 Å². The van der Waals surface area contributed by atoms with Crippen LogP contribution < -0.4 is 5.32 Å². The summed E-state index contributed by atoms with van der Waals surface area (Å²) < 4.78 is 78.0. The lowest BCUT2D eigenvalue weighted by atomic mass is 10.0. The van der Waals surface area contributed by atoms with Crippen molar-refractivity contribution in [3.63, 3.8) is 0 Å². The molecule has 4 rings (SSSR count). The van der Waals surface area contributed by atoms with Crippen molar-refractivity contribution >= 4 is 5.91 Å². The number of hydrogen-bond acceptors (Lipinski definition) is 2. The predicted octanol–water partition coefficient (Wildman–Crippen LogP) is 4.72. The zero-order chi connectivity index (χ0) is 22.4. The molecule has 0 radical (unpaired) electrons. The number of hydrogen-bond donors (Lipinski definition) is 1. The fourth-order valence-corrected chi connectivity index (χ4v) is 4.44. The lowest BCUT2D eigenvalue weighted by Gasteiger charge is -2.20. The molecular formula is C22H20F6N2O. The lowest BCUT2D eigenvalue weighted by Crippen LogP contribution is -2.31. The molecule has 0 aromatic heterocycles. The molecule has 0 bridgehead atoms. The number of alkyl halides is 6. The van der Waals surface area contributed by atoms with Gasteiger partial charge in [-0.2, -0.15) is 26.3 Å². The Balaban J connectivity index is 1.34. The average Bonchev–Trinajstić information content (AvgIpc) is 3.20. The third-order valence-corrected chi connectivity index (χ3v) is 6.02. The molecule has 9 heteroatoms. The second kappa shape index (κ2) is 7.85. The molecule has 1 heterocycles. The van der Waals surface area contributed by atoms with Gasteiger partial charge in [-0.3, -0.25) is 9.69 Å². The second-order valence-electron chi connectivity index (χ2n) is 8.12. The van der Waals surface area contributed by atoms with E-state index in [1.165, 1.54) is 5.56 Å². The molecule has 31 heavy (non-hydrogen) atoms. The normalized spacial score (nSPS) is 23.5. The van der Waals surface area contributed by atoms with Gasteiger partial charge >= 0.3 is 12.4 Å². The number of rotatable bonds is 5. The first kappa shape index (κ1) is 21.7. The van der Waals surface area contributed by atoms with Gasteiger partial charge < -0.3 is 5.32 Å². The van der Waals surface area contributed by atoms with E-state index in [0.717, 1.165) is 25.7 Å². The molecule has 3 atom stereocenters. The number of carbonyl (C=O) groups excluding carboxylic acids is 1. The van der Waals surface area contributed by atoms with Crippen molar-refractivity contribution in [2.24, 2.45) is 17.8 Å². The molecule has 2 aromatic carbocycles. The summed E-state index contributed by atoms with van der Waals surface area (Å²) >= 11 is 0. The van der Waals surface area contributed by atoms with Gasteiger partial charge in [-0.05, 0) is 35.1 Å². The molecule has 1 amide bonds. The van der Waals surface area contributed by atoms with Crippen LogP contribution in [0.15, 0.2) is 48.5 Å². The van der Waals surface area contributed by atoms with Crippen LogP contribution >= 0.6 is 0 Å². The van der Waals surface area contributed by atoms with E-state index in [1.54, 1.807) is 0 Å².